The van der Waals surface area contributed by atoms with Gasteiger partial charge in [-0.15, -0.1) is 0 Å². The Hall–Kier alpha value is -5.35. The molecule has 5 unspecified atom stereocenters. The Kier molecular flexibility index (Phi) is 91.6. The summed E-state index contributed by atoms with van der Waals surface area (Å²) in [5.74, 6) is -1.58. The van der Waals surface area contributed by atoms with E-state index >= 15 is 0 Å². The van der Waals surface area contributed by atoms with Crippen molar-refractivity contribution in [3.63, 3.8) is 0 Å². The molecule has 5 atom stereocenters. The molecule has 0 aromatic heterocycles. The maximum absolute atomic E-state index is 13.1. The normalized spacial score (nSPS) is 14.5. The molecule has 0 radical (unpaired) electrons. The third kappa shape index (κ3) is 97.1. The van der Waals surface area contributed by atoms with Gasteiger partial charge in [0.15, 0.2) is 6.10 Å². The molecule has 0 amide bonds. The summed E-state index contributed by atoms with van der Waals surface area (Å²) in [6.07, 6.45) is 127. The van der Waals surface area contributed by atoms with E-state index in [1.165, 1.54) is 161 Å². The summed E-state index contributed by atoms with van der Waals surface area (Å²) in [5, 5.41) is 20.8. The lowest BCUT2D eigenvalue weighted by atomic mass is 10.0. The van der Waals surface area contributed by atoms with Crippen molar-refractivity contribution in [2.75, 3.05) is 39.6 Å². The molecule has 0 saturated carbocycles. The van der Waals surface area contributed by atoms with Crippen LogP contribution in [0.3, 0.4) is 0 Å². The van der Waals surface area contributed by atoms with E-state index in [0.29, 0.717) is 19.3 Å². The van der Waals surface area contributed by atoms with Gasteiger partial charge in [0, 0.05) is 19.3 Å². The first-order valence-electron chi connectivity index (χ1n) is 49.1. The van der Waals surface area contributed by atoms with Crippen molar-refractivity contribution in [1.29, 1.82) is 0 Å². The number of ether oxygens (including phenoxy) is 3. The van der Waals surface area contributed by atoms with Crippen LogP contribution in [0.15, 0.2) is 182 Å². The SMILES string of the molecule is CC/C=C\C/C=C\C/C=C\C/C=C\C/C=C\C/C=C\CCCCCCCCCCCCCCCCCCC(=O)OCC(O)COP(=O)(O)OCC(O)COP(=O)(O)OCC(COC(=O)CCCCCCCCCCCCCCCC/C=C\C/C=C\C/C=C\C/C=C\C/C=C\C/C=C\CC)OC(=O)CCCCCCCC/C=C\C/C=C\C/C=C\CCCCC. The fraction of sp³-hybridized carbons (Fsp3) is 0.686. The van der Waals surface area contributed by atoms with E-state index in [1.807, 2.05) is 0 Å². The average Bonchev–Trinajstić information content (AvgIpc) is 0.899. The maximum Gasteiger partial charge on any atom is 0.472 e. The monoisotopic (exact) mass is 1760 g/mol. The van der Waals surface area contributed by atoms with Gasteiger partial charge in [0.2, 0.25) is 0 Å². The van der Waals surface area contributed by atoms with Gasteiger partial charge < -0.3 is 34.2 Å². The van der Waals surface area contributed by atoms with Crippen LogP contribution in [-0.2, 0) is 55.8 Å². The van der Waals surface area contributed by atoms with Crippen molar-refractivity contribution < 1.29 is 75.8 Å². The van der Waals surface area contributed by atoms with Crippen LogP contribution in [0, 0.1) is 0 Å². The Morgan fingerprint density at radius 1 is 0.236 bits per heavy atom. The highest BCUT2D eigenvalue weighted by Gasteiger charge is 2.30. The van der Waals surface area contributed by atoms with Crippen LogP contribution in [0.2, 0.25) is 0 Å². The number of carbonyl (C=O) groups is 3. The minimum Gasteiger partial charge on any atom is -0.463 e. The number of unbranched alkanes of at least 4 members (excludes halogenated alkanes) is 39. The molecule has 0 aliphatic rings. The minimum absolute atomic E-state index is 0.0872. The van der Waals surface area contributed by atoms with Crippen molar-refractivity contribution in [3.05, 3.63) is 182 Å². The summed E-state index contributed by atoms with van der Waals surface area (Å²) in [4.78, 5) is 59.1. The number of phosphoric ester groups is 2. The largest absolute Gasteiger partial charge is 0.472 e. The number of aliphatic hydroxyl groups is 2. The van der Waals surface area contributed by atoms with Crippen LogP contribution < -0.4 is 0 Å². The molecule has 0 rings (SSSR count). The molecule has 0 aliphatic heterocycles. The second-order valence-corrected chi connectivity index (χ2v) is 35.4. The molecule has 704 valence electrons. The van der Waals surface area contributed by atoms with E-state index in [9.17, 15) is 43.5 Å². The summed E-state index contributed by atoms with van der Waals surface area (Å²) < 4.78 is 61.6. The number of esters is 3. The first-order chi connectivity index (χ1) is 60.2. The lowest BCUT2D eigenvalue weighted by Gasteiger charge is -2.21. The van der Waals surface area contributed by atoms with E-state index in [0.717, 1.165) is 186 Å². The Labute approximate surface area is 751 Å². The summed E-state index contributed by atoms with van der Waals surface area (Å²) in [5.41, 5.74) is 0. The van der Waals surface area contributed by atoms with Crippen molar-refractivity contribution in [1.82, 2.24) is 0 Å². The minimum atomic E-state index is -4.95. The van der Waals surface area contributed by atoms with Gasteiger partial charge >= 0.3 is 33.6 Å². The molecule has 0 fully saturated rings. The molecule has 4 N–H and O–H groups in total. The van der Waals surface area contributed by atoms with Crippen LogP contribution in [0.1, 0.15) is 406 Å². The van der Waals surface area contributed by atoms with E-state index in [4.69, 9.17) is 32.3 Å². The molecule has 18 heteroatoms. The number of hydrogen-bond acceptors (Lipinski definition) is 14. The topological polar surface area (TPSA) is 231 Å². The van der Waals surface area contributed by atoms with Crippen LogP contribution in [0.5, 0.6) is 0 Å². The van der Waals surface area contributed by atoms with E-state index in [2.05, 4.69) is 203 Å². The third-order valence-electron chi connectivity index (χ3n) is 20.6. The molecule has 0 aliphatic carbocycles. The standard InChI is InChI=1S/C105H178O16P2/c1-4-7-10-13-16-19-22-25-28-31-34-36-38-40-42-44-46-48-49-51-53-54-56-58-60-62-65-67-70-73-76-79-82-85-88-91-103(108)115-94-100(106)95-117-122(111,112)118-96-101(107)97-119-123(113,114)120-99-102(121-105(110)93-90-87-84-81-78-75-72-69-64-33-30-27-24-21-18-15-12-9-6-3)98-116-104(109)92-89-86-83-80-77-74-71-68-66-63-61-59-57-55-52-50-47-45-43-41-39-37-35-32-29-26-23-20-17-14-11-8-5-2/h7-8,10-11,16-21,25-30,34-37,40-43,46-48,50,64,69,100-102,106-107H,4-6,9,12-15,22-24,31-33,38-39,44-45,49,51-63,65-68,70-99H2,1-3H3,(H,111,112)(H,113,114)/b10-7-,11-8-,19-16-,20-17-,21-18-,28-25-,29-26-,30-27-,36-34-,37-35-,42-40-,43-41-,48-46-,50-47-,69-64-. The summed E-state index contributed by atoms with van der Waals surface area (Å²) in [6, 6.07) is 0. The van der Waals surface area contributed by atoms with Gasteiger partial charge in [-0.3, -0.25) is 32.5 Å². The van der Waals surface area contributed by atoms with Gasteiger partial charge in [-0.1, -0.05) is 409 Å². The van der Waals surface area contributed by atoms with Crippen molar-refractivity contribution in [2.45, 2.75) is 424 Å². The lowest BCUT2D eigenvalue weighted by Crippen LogP contribution is -2.30. The third-order valence-corrected chi connectivity index (χ3v) is 22.5. The van der Waals surface area contributed by atoms with Gasteiger partial charge in [-0.25, -0.2) is 9.13 Å². The first kappa shape index (κ1) is 118. The summed E-state index contributed by atoms with van der Waals surface area (Å²) in [7, 11) is -9.82. The Morgan fingerprint density at radius 2 is 0.431 bits per heavy atom. The van der Waals surface area contributed by atoms with Gasteiger partial charge in [0.25, 0.3) is 0 Å². The molecule has 0 aromatic carbocycles. The van der Waals surface area contributed by atoms with E-state index in [-0.39, 0.29) is 19.3 Å². The number of hydrogen-bond donors (Lipinski definition) is 4. The molecule has 0 saturated heterocycles. The molecule has 0 aromatic rings. The first-order valence-corrected chi connectivity index (χ1v) is 52.1. The lowest BCUT2D eigenvalue weighted by molar-refractivity contribution is -0.161. The molecule has 16 nitrogen and oxygen atoms in total. The molecule has 123 heavy (non-hydrogen) atoms. The maximum atomic E-state index is 13.1. The smallest absolute Gasteiger partial charge is 0.463 e. The summed E-state index contributed by atoms with van der Waals surface area (Å²) >= 11 is 0. The summed E-state index contributed by atoms with van der Waals surface area (Å²) in [6.45, 7) is 2.46. The zero-order valence-corrected chi connectivity index (χ0v) is 79.6. The van der Waals surface area contributed by atoms with Crippen molar-refractivity contribution >= 4 is 33.6 Å². The number of carbonyl (C=O) groups excluding carboxylic acids is 3. The van der Waals surface area contributed by atoms with Gasteiger partial charge in [0.1, 0.15) is 25.4 Å². The van der Waals surface area contributed by atoms with Gasteiger partial charge in [0.05, 0.1) is 26.4 Å². The van der Waals surface area contributed by atoms with Crippen LogP contribution in [0.4, 0.5) is 0 Å². The van der Waals surface area contributed by atoms with Crippen LogP contribution in [0.25, 0.3) is 0 Å². The number of rotatable bonds is 92. The zero-order valence-electron chi connectivity index (χ0n) is 77.8. The predicted octanol–water partition coefficient (Wildman–Crippen LogP) is 30.8. The highest BCUT2D eigenvalue weighted by molar-refractivity contribution is 7.47. The molecular formula is C105H178O16P2. The zero-order chi connectivity index (χ0) is 89.3. The fourth-order valence-electron chi connectivity index (χ4n) is 13.2. The second kappa shape index (κ2) is 95.7. The Bertz CT molecular complexity index is 2970. The highest BCUT2D eigenvalue weighted by Crippen LogP contribution is 2.45. The highest BCUT2D eigenvalue weighted by atomic mass is 31.2. The second-order valence-electron chi connectivity index (χ2n) is 32.5. The number of aliphatic hydroxyl groups excluding tert-OH is 2. The van der Waals surface area contributed by atoms with Gasteiger partial charge in [-0.2, -0.15) is 0 Å². The number of allylic oxidation sites excluding steroid dienone is 30. The fourth-order valence-corrected chi connectivity index (χ4v) is 14.8. The van der Waals surface area contributed by atoms with Crippen LogP contribution >= 0.6 is 15.6 Å². The van der Waals surface area contributed by atoms with Gasteiger partial charge in [-0.05, 0) is 161 Å². The van der Waals surface area contributed by atoms with E-state index in [1.54, 1.807) is 0 Å². The van der Waals surface area contributed by atoms with Crippen LogP contribution in [-0.4, -0.2) is 95.9 Å². The molecule has 0 spiro atoms. The van der Waals surface area contributed by atoms with Crippen molar-refractivity contribution in [2.24, 2.45) is 0 Å². The predicted molar refractivity (Wildman–Crippen MR) is 518 cm³/mol. The quantitative estimate of drug-likeness (QED) is 0.0146. The van der Waals surface area contributed by atoms with E-state index < -0.39 is 91.5 Å². The Morgan fingerprint density at radius 3 is 0.683 bits per heavy atom. The van der Waals surface area contributed by atoms with Crippen molar-refractivity contribution in [3.8, 4) is 0 Å². The Balaban J connectivity index is 4.51. The molecular weight excluding hydrogens is 1580 g/mol. The molecule has 0 bridgehead atoms. The average molecular weight is 1760 g/mol. The molecule has 0 heterocycles. The number of phosphoric acid groups is 2.